The average Bonchev–Trinajstić information content (AvgIpc) is 3.10. The van der Waals surface area contributed by atoms with Crippen molar-refractivity contribution in [3.8, 4) is 5.75 Å². The van der Waals surface area contributed by atoms with Crippen LogP contribution in [-0.2, 0) is 39.5 Å². The van der Waals surface area contributed by atoms with Gasteiger partial charge in [0.05, 0.1) is 54.4 Å². The first-order valence-corrected chi connectivity index (χ1v) is 27.4. The van der Waals surface area contributed by atoms with Crippen molar-refractivity contribution >= 4 is 26.5 Å². The van der Waals surface area contributed by atoms with Gasteiger partial charge in [-0.1, -0.05) is 72.8 Å². The number of methoxy groups -OCH3 is 1. The lowest BCUT2D eigenvalue weighted by Gasteiger charge is -2.47. The molecule has 0 saturated carbocycles. The molecule has 0 aliphatic carbocycles. The van der Waals surface area contributed by atoms with Crippen LogP contribution >= 0.6 is 0 Å². The molecule has 6 atom stereocenters. The SMILES string of the molecule is COc1ccc(CO[C@@H]([C@@H]2CCO[C@H](c3ccccc3)O2)[C@@](C)(C[C@H](O)/C=C/C[C@](C)(CCS(=O)(=O)c2ccccc2)O[Si](C)(C)C)O[Si](C)(C)C)cc1. The van der Waals surface area contributed by atoms with Crippen LogP contribution in [-0.4, -0.2) is 79.1 Å². The second-order valence-electron chi connectivity index (χ2n) is 16.6. The Morgan fingerprint density at radius 1 is 0.889 bits per heavy atom. The van der Waals surface area contributed by atoms with Gasteiger partial charge in [-0.15, -0.1) is 0 Å². The van der Waals surface area contributed by atoms with Crippen LogP contribution in [0.2, 0.25) is 39.3 Å². The van der Waals surface area contributed by atoms with Crippen molar-refractivity contribution in [1.82, 2.24) is 0 Å². The lowest BCUT2D eigenvalue weighted by molar-refractivity contribution is -0.265. The van der Waals surface area contributed by atoms with Crippen molar-refractivity contribution in [2.24, 2.45) is 0 Å². The predicted octanol–water partition coefficient (Wildman–Crippen LogP) is 8.87. The Morgan fingerprint density at radius 3 is 2.09 bits per heavy atom. The van der Waals surface area contributed by atoms with Crippen molar-refractivity contribution in [3.63, 3.8) is 0 Å². The molecular weight excluding hydrogens is 737 g/mol. The Balaban J connectivity index is 1.58. The summed E-state index contributed by atoms with van der Waals surface area (Å²) in [6.07, 6.45) is 2.87. The van der Waals surface area contributed by atoms with Gasteiger partial charge in [-0.05, 0) is 102 Å². The molecular formula is C42H62O9SSi2. The van der Waals surface area contributed by atoms with Crippen LogP contribution in [0.4, 0.5) is 0 Å². The monoisotopic (exact) mass is 798 g/mol. The molecule has 1 aliphatic heterocycles. The molecule has 1 saturated heterocycles. The molecule has 298 valence electrons. The maximum atomic E-state index is 13.2. The van der Waals surface area contributed by atoms with E-state index in [-0.39, 0.29) is 18.3 Å². The van der Waals surface area contributed by atoms with E-state index >= 15 is 0 Å². The van der Waals surface area contributed by atoms with Gasteiger partial charge >= 0.3 is 0 Å². The van der Waals surface area contributed by atoms with Gasteiger partial charge < -0.3 is 32.9 Å². The molecule has 54 heavy (non-hydrogen) atoms. The number of aliphatic hydroxyl groups excluding tert-OH is 1. The average molecular weight is 799 g/mol. The molecule has 3 aromatic rings. The third-order valence-electron chi connectivity index (χ3n) is 9.19. The minimum atomic E-state index is -3.49. The summed E-state index contributed by atoms with van der Waals surface area (Å²) >= 11 is 0. The normalized spacial score (nSPS) is 20.6. The fourth-order valence-electron chi connectivity index (χ4n) is 7.05. The molecule has 9 nitrogen and oxygen atoms in total. The molecule has 1 N–H and O–H groups in total. The van der Waals surface area contributed by atoms with Crippen molar-refractivity contribution in [2.45, 2.75) is 126 Å². The molecule has 0 spiro atoms. The Hall–Kier alpha value is -2.66. The van der Waals surface area contributed by atoms with E-state index in [9.17, 15) is 13.5 Å². The zero-order valence-corrected chi connectivity index (χ0v) is 36.4. The Bertz CT molecular complexity index is 1710. The van der Waals surface area contributed by atoms with Gasteiger partial charge in [0.2, 0.25) is 0 Å². The lowest BCUT2D eigenvalue weighted by Crippen LogP contribution is -2.57. The summed E-state index contributed by atoms with van der Waals surface area (Å²) in [5.41, 5.74) is 0.199. The molecule has 1 aliphatic rings. The van der Waals surface area contributed by atoms with Crippen LogP contribution in [0.5, 0.6) is 5.75 Å². The van der Waals surface area contributed by atoms with Crippen molar-refractivity contribution < 1.29 is 41.3 Å². The van der Waals surface area contributed by atoms with E-state index < -0.39 is 56.2 Å². The van der Waals surface area contributed by atoms with Crippen LogP contribution in [0.1, 0.15) is 56.9 Å². The summed E-state index contributed by atoms with van der Waals surface area (Å²) in [5.74, 6) is 0.721. The minimum Gasteiger partial charge on any atom is -0.497 e. The number of ether oxygens (including phenoxy) is 4. The van der Waals surface area contributed by atoms with Crippen LogP contribution in [0.15, 0.2) is 102 Å². The first-order valence-electron chi connectivity index (χ1n) is 18.9. The fourth-order valence-corrected chi connectivity index (χ4v) is 11.8. The van der Waals surface area contributed by atoms with Crippen molar-refractivity contribution in [1.29, 1.82) is 0 Å². The molecule has 4 rings (SSSR count). The highest BCUT2D eigenvalue weighted by atomic mass is 32.2. The maximum absolute atomic E-state index is 13.2. The standard InChI is InChI=1S/C42H62O9SSi2/c1-41(50-53(4,5)6,28-30-52(44,45)37-20-14-11-15-21-37)27-16-19-35(43)31-42(2,51-54(7,8)9)39(48-32-33-22-24-36(46-3)25-23-33)38-26-29-47-40(49-38)34-17-12-10-13-18-34/h10-25,35,38-40,43H,26-32H2,1-9H3/b19-16+/t35-,38+,39+,40+,41-,42-/m1/s1. The second-order valence-corrected chi connectivity index (χ2v) is 27.6. The summed E-state index contributed by atoms with van der Waals surface area (Å²) in [7, 11) is -6.15. The number of aliphatic hydroxyl groups is 1. The van der Waals surface area contributed by atoms with Crippen LogP contribution in [0.25, 0.3) is 0 Å². The van der Waals surface area contributed by atoms with Crippen LogP contribution in [0, 0.1) is 0 Å². The lowest BCUT2D eigenvalue weighted by atomic mass is 9.86. The number of benzene rings is 3. The highest BCUT2D eigenvalue weighted by molar-refractivity contribution is 7.91. The van der Waals surface area contributed by atoms with Gasteiger partial charge in [0.25, 0.3) is 0 Å². The van der Waals surface area contributed by atoms with Crippen LogP contribution in [0.3, 0.4) is 0 Å². The summed E-state index contributed by atoms with van der Waals surface area (Å²) in [4.78, 5) is 0.306. The zero-order valence-electron chi connectivity index (χ0n) is 33.6. The Labute approximate surface area is 326 Å². The molecule has 0 unspecified atom stereocenters. The van der Waals surface area contributed by atoms with Gasteiger partial charge in [0.15, 0.2) is 32.8 Å². The van der Waals surface area contributed by atoms with Crippen molar-refractivity contribution in [2.75, 3.05) is 19.5 Å². The number of hydrogen-bond acceptors (Lipinski definition) is 9. The summed E-state index contributed by atoms with van der Waals surface area (Å²) < 4.78 is 65.0. The topological polar surface area (TPSA) is 110 Å². The molecule has 0 amide bonds. The molecule has 0 bridgehead atoms. The van der Waals surface area contributed by atoms with E-state index in [0.717, 1.165) is 16.9 Å². The molecule has 1 heterocycles. The van der Waals surface area contributed by atoms with E-state index in [4.69, 9.17) is 27.8 Å². The van der Waals surface area contributed by atoms with Gasteiger partial charge in [0.1, 0.15) is 11.9 Å². The predicted molar refractivity (Wildman–Crippen MR) is 219 cm³/mol. The third kappa shape index (κ3) is 13.8. The summed E-state index contributed by atoms with van der Waals surface area (Å²) in [6, 6.07) is 26.2. The molecule has 0 radical (unpaired) electrons. The highest BCUT2D eigenvalue weighted by Gasteiger charge is 2.47. The van der Waals surface area contributed by atoms with Gasteiger partial charge in [-0.3, -0.25) is 0 Å². The van der Waals surface area contributed by atoms with Gasteiger partial charge in [-0.2, -0.15) is 0 Å². The van der Waals surface area contributed by atoms with Crippen molar-refractivity contribution in [3.05, 3.63) is 108 Å². The Kier molecular flexibility index (Phi) is 15.5. The third-order valence-corrected chi connectivity index (χ3v) is 13.1. The minimum absolute atomic E-state index is 0.0429. The van der Waals surface area contributed by atoms with E-state index in [1.165, 1.54) is 0 Å². The van der Waals surface area contributed by atoms with Gasteiger partial charge in [0, 0.05) is 12.0 Å². The number of sulfone groups is 1. The fraction of sp³-hybridized carbons (Fsp3) is 0.524. The van der Waals surface area contributed by atoms with E-state index in [1.54, 1.807) is 43.5 Å². The Morgan fingerprint density at radius 2 is 1.50 bits per heavy atom. The number of rotatable bonds is 20. The second kappa shape index (κ2) is 19.0. The van der Waals surface area contributed by atoms with E-state index in [2.05, 4.69) is 39.3 Å². The molecule has 3 aromatic carbocycles. The number of hydrogen-bond donors (Lipinski definition) is 1. The molecule has 0 aromatic heterocycles. The first-order chi connectivity index (χ1) is 25.3. The molecule has 12 heteroatoms. The quantitative estimate of drug-likeness (QED) is 0.0886. The van der Waals surface area contributed by atoms with E-state index in [1.807, 2.05) is 74.5 Å². The smallest absolute Gasteiger partial charge is 0.184 e. The van der Waals surface area contributed by atoms with Crippen LogP contribution < -0.4 is 4.74 Å². The largest absolute Gasteiger partial charge is 0.497 e. The maximum Gasteiger partial charge on any atom is 0.184 e. The summed E-state index contributed by atoms with van der Waals surface area (Å²) in [5, 5.41) is 11.7. The van der Waals surface area contributed by atoms with Gasteiger partial charge in [-0.25, -0.2) is 8.42 Å². The highest BCUT2D eigenvalue weighted by Crippen LogP contribution is 2.38. The van der Waals surface area contributed by atoms with E-state index in [0.29, 0.717) is 37.4 Å². The molecule has 1 fully saturated rings. The first kappa shape index (κ1) is 44.1. The summed E-state index contributed by atoms with van der Waals surface area (Å²) in [6.45, 7) is 17.5. The zero-order chi connectivity index (χ0) is 39.6.